The number of hydrogen-bond donors (Lipinski definition) is 0. The van der Waals surface area contributed by atoms with Crippen molar-refractivity contribution in [2.45, 2.75) is 18.4 Å². The second kappa shape index (κ2) is 6.50. The van der Waals surface area contributed by atoms with Gasteiger partial charge in [-0.2, -0.15) is 0 Å². The van der Waals surface area contributed by atoms with Gasteiger partial charge in [0.15, 0.2) is 0 Å². The van der Waals surface area contributed by atoms with Crippen LogP contribution in [-0.2, 0) is 0 Å². The van der Waals surface area contributed by atoms with Crippen molar-refractivity contribution in [1.29, 1.82) is 0 Å². The fourth-order valence-electron chi connectivity index (χ4n) is 2.96. The normalized spacial score (nSPS) is 23.0. The minimum atomic E-state index is 0.170. The number of para-hydroxylation sites is 1. The zero-order valence-electron chi connectivity index (χ0n) is 12.2. The molecule has 3 heteroatoms. The summed E-state index contributed by atoms with van der Waals surface area (Å²) in [4.78, 5) is 2.37. The van der Waals surface area contributed by atoms with E-state index in [-0.39, 0.29) is 6.10 Å². The second-order valence-corrected chi connectivity index (χ2v) is 6.06. The maximum atomic E-state index is 6.24. The number of halogens is 1. The van der Waals surface area contributed by atoms with Crippen molar-refractivity contribution in [3.8, 4) is 5.75 Å². The Morgan fingerprint density at radius 2 is 1.76 bits per heavy atom. The standard InChI is InChI=1S/C18H20ClNO/c1-20-12-11-17(21-18-10-6-5-9-16(18)19)15(13-20)14-7-3-2-4-8-14/h2-10,15,17H,11-13H2,1H3/t15-,17-/m0/s1. The SMILES string of the molecule is CN1CC[C@H](Oc2ccccc2Cl)[C@H](c2ccccc2)C1. The van der Waals surface area contributed by atoms with Gasteiger partial charge in [0.05, 0.1) is 5.02 Å². The second-order valence-electron chi connectivity index (χ2n) is 5.65. The fourth-order valence-corrected chi connectivity index (χ4v) is 3.14. The quantitative estimate of drug-likeness (QED) is 0.842. The van der Waals surface area contributed by atoms with Crippen molar-refractivity contribution >= 4 is 11.6 Å². The number of piperidine rings is 1. The van der Waals surface area contributed by atoms with Crippen LogP contribution in [0.4, 0.5) is 0 Å². The summed E-state index contributed by atoms with van der Waals surface area (Å²) < 4.78 is 6.24. The van der Waals surface area contributed by atoms with Gasteiger partial charge in [-0.15, -0.1) is 0 Å². The topological polar surface area (TPSA) is 12.5 Å². The van der Waals surface area contributed by atoms with Crippen LogP contribution in [0.3, 0.4) is 0 Å². The number of rotatable bonds is 3. The largest absolute Gasteiger partial charge is 0.488 e. The average Bonchev–Trinajstić information content (AvgIpc) is 2.52. The van der Waals surface area contributed by atoms with Crippen LogP contribution in [0, 0.1) is 0 Å². The molecule has 0 bridgehead atoms. The van der Waals surface area contributed by atoms with Gasteiger partial charge in [0.2, 0.25) is 0 Å². The van der Waals surface area contributed by atoms with E-state index in [4.69, 9.17) is 16.3 Å². The number of likely N-dealkylation sites (N-methyl/N-ethyl adjacent to an activating group) is 1. The number of nitrogens with zero attached hydrogens (tertiary/aromatic N) is 1. The molecule has 0 radical (unpaired) electrons. The Labute approximate surface area is 131 Å². The Bertz CT molecular complexity index is 587. The van der Waals surface area contributed by atoms with Crippen LogP contribution >= 0.6 is 11.6 Å². The van der Waals surface area contributed by atoms with Gasteiger partial charge < -0.3 is 9.64 Å². The van der Waals surface area contributed by atoms with Gasteiger partial charge in [-0.3, -0.25) is 0 Å². The summed E-state index contributed by atoms with van der Waals surface area (Å²) in [5, 5.41) is 0.684. The highest BCUT2D eigenvalue weighted by molar-refractivity contribution is 6.32. The zero-order chi connectivity index (χ0) is 14.7. The Kier molecular flexibility index (Phi) is 4.47. The third-order valence-corrected chi connectivity index (χ3v) is 4.41. The molecule has 0 N–H and O–H groups in total. The first-order valence-corrected chi connectivity index (χ1v) is 7.76. The Hall–Kier alpha value is -1.51. The molecule has 1 fully saturated rings. The average molecular weight is 302 g/mol. The van der Waals surface area contributed by atoms with E-state index >= 15 is 0 Å². The lowest BCUT2D eigenvalue weighted by atomic mass is 9.88. The maximum Gasteiger partial charge on any atom is 0.138 e. The summed E-state index contributed by atoms with van der Waals surface area (Å²) in [7, 11) is 2.17. The fraction of sp³-hybridized carbons (Fsp3) is 0.333. The molecule has 1 heterocycles. The van der Waals surface area contributed by atoms with Crippen molar-refractivity contribution < 1.29 is 4.74 Å². The van der Waals surface area contributed by atoms with Crippen LogP contribution in [-0.4, -0.2) is 31.1 Å². The molecule has 0 spiro atoms. The predicted octanol–water partition coefficient (Wildman–Crippen LogP) is 4.21. The van der Waals surface area contributed by atoms with E-state index in [1.807, 2.05) is 24.3 Å². The lowest BCUT2D eigenvalue weighted by molar-refractivity contribution is 0.0903. The Balaban J connectivity index is 1.83. The molecule has 1 saturated heterocycles. The lowest BCUT2D eigenvalue weighted by Gasteiger charge is -2.37. The summed E-state index contributed by atoms with van der Waals surface area (Å²) in [6.07, 6.45) is 1.19. The van der Waals surface area contributed by atoms with Gasteiger partial charge >= 0.3 is 0 Å². The summed E-state index contributed by atoms with van der Waals surface area (Å²) in [6, 6.07) is 18.3. The van der Waals surface area contributed by atoms with E-state index in [0.29, 0.717) is 10.9 Å². The van der Waals surface area contributed by atoms with Crippen molar-refractivity contribution in [2.75, 3.05) is 20.1 Å². The number of hydrogen-bond acceptors (Lipinski definition) is 2. The molecular weight excluding hydrogens is 282 g/mol. The van der Waals surface area contributed by atoms with E-state index in [1.54, 1.807) is 0 Å². The lowest BCUT2D eigenvalue weighted by Crippen LogP contribution is -2.42. The van der Waals surface area contributed by atoms with Gasteiger partial charge in [0, 0.05) is 19.0 Å². The van der Waals surface area contributed by atoms with Crippen molar-refractivity contribution in [2.24, 2.45) is 0 Å². The van der Waals surface area contributed by atoms with Gasteiger partial charge in [-0.25, -0.2) is 0 Å². The molecule has 2 atom stereocenters. The predicted molar refractivity (Wildman–Crippen MR) is 87.2 cm³/mol. The van der Waals surface area contributed by atoms with Crippen molar-refractivity contribution in [3.63, 3.8) is 0 Å². The first-order chi connectivity index (χ1) is 10.2. The van der Waals surface area contributed by atoms with Gasteiger partial charge in [0.1, 0.15) is 11.9 Å². The molecule has 2 aromatic carbocycles. The first-order valence-electron chi connectivity index (χ1n) is 7.39. The smallest absolute Gasteiger partial charge is 0.138 e. The minimum Gasteiger partial charge on any atom is -0.488 e. The molecular formula is C18H20ClNO. The van der Waals surface area contributed by atoms with Crippen molar-refractivity contribution in [1.82, 2.24) is 4.90 Å². The highest BCUT2D eigenvalue weighted by Crippen LogP contribution is 2.32. The monoisotopic (exact) mass is 301 g/mol. The first kappa shape index (κ1) is 14.4. The van der Waals surface area contributed by atoms with Crippen LogP contribution in [0.25, 0.3) is 0 Å². The molecule has 21 heavy (non-hydrogen) atoms. The molecule has 0 unspecified atom stereocenters. The Morgan fingerprint density at radius 3 is 2.52 bits per heavy atom. The molecule has 3 rings (SSSR count). The minimum absolute atomic E-state index is 0.170. The number of likely N-dealkylation sites (tertiary alicyclic amines) is 1. The molecule has 0 aromatic heterocycles. The van der Waals surface area contributed by atoms with Crippen LogP contribution in [0.15, 0.2) is 54.6 Å². The van der Waals surface area contributed by atoms with Crippen LogP contribution in [0.1, 0.15) is 17.9 Å². The summed E-state index contributed by atoms with van der Waals surface area (Å²) in [5.74, 6) is 1.16. The number of ether oxygens (including phenoxy) is 1. The molecule has 2 nitrogen and oxygen atoms in total. The van der Waals surface area contributed by atoms with Crippen LogP contribution in [0.2, 0.25) is 5.02 Å². The summed E-state index contributed by atoms with van der Waals surface area (Å²) in [5.41, 5.74) is 1.33. The van der Waals surface area contributed by atoms with Gasteiger partial charge in [-0.1, -0.05) is 54.1 Å². The number of benzene rings is 2. The van der Waals surface area contributed by atoms with E-state index in [9.17, 15) is 0 Å². The maximum absolute atomic E-state index is 6.24. The van der Waals surface area contributed by atoms with Crippen LogP contribution in [0.5, 0.6) is 5.75 Å². The Morgan fingerprint density at radius 1 is 1.05 bits per heavy atom. The molecule has 110 valence electrons. The molecule has 0 amide bonds. The van der Waals surface area contributed by atoms with E-state index < -0.39 is 0 Å². The van der Waals surface area contributed by atoms with E-state index in [1.165, 1.54) is 5.56 Å². The summed E-state index contributed by atoms with van der Waals surface area (Å²) >= 11 is 6.23. The molecule has 0 aliphatic carbocycles. The summed E-state index contributed by atoms with van der Waals surface area (Å²) in [6.45, 7) is 2.07. The van der Waals surface area contributed by atoms with Crippen LogP contribution < -0.4 is 4.74 Å². The van der Waals surface area contributed by atoms with E-state index in [2.05, 4.69) is 42.3 Å². The van der Waals surface area contributed by atoms with Gasteiger partial charge in [0.25, 0.3) is 0 Å². The molecule has 2 aromatic rings. The highest BCUT2D eigenvalue weighted by atomic mass is 35.5. The zero-order valence-corrected chi connectivity index (χ0v) is 13.0. The molecule has 1 aliphatic heterocycles. The molecule has 0 saturated carbocycles. The highest BCUT2D eigenvalue weighted by Gasteiger charge is 2.30. The third kappa shape index (κ3) is 3.39. The molecule has 1 aliphatic rings. The third-order valence-electron chi connectivity index (χ3n) is 4.10. The van der Waals surface area contributed by atoms with Crippen molar-refractivity contribution in [3.05, 3.63) is 65.2 Å². The van der Waals surface area contributed by atoms with E-state index in [0.717, 1.165) is 25.3 Å². The van der Waals surface area contributed by atoms with Gasteiger partial charge in [-0.05, 0) is 31.2 Å².